The molecule has 0 radical (unpaired) electrons. The number of nitrogens with zero attached hydrogens (tertiary/aromatic N) is 5. The van der Waals surface area contributed by atoms with Crippen LogP contribution in [0.4, 0.5) is 4.79 Å². The highest BCUT2D eigenvalue weighted by Gasteiger charge is 2.60. The molecule has 11 heteroatoms. The molecule has 0 spiro atoms. The summed E-state index contributed by atoms with van der Waals surface area (Å²) in [5.41, 5.74) is 0.0142. The molecule has 0 aliphatic carbocycles. The summed E-state index contributed by atoms with van der Waals surface area (Å²) in [5, 5.41) is 1.21. The molecule has 1 aromatic heterocycles. The van der Waals surface area contributed by atoms with Crippen LogP contribution in [-0.2, 0) is 27.3 Å². The van der Waals surface area contributed by atoms with Crippen LogP contribution in [0, 0.1) is 5.92 Å². The van der Waals surface area contributed by atoms with Gasteiger partial charge in [-0.2, -0.15) is 4.98 Å². The third-order valence-electron chi connectivity index (χ3n) is 9.59. The Morgan fingerprint density at radius 1 is 1.00 bits per heavy atom. The molecule has 1 fully saturated rings. The van der Waals surface area contributed by atoms with E-state index >= 15 is 4.79 Å². The number of carbonyl (C=O) groups is 1. The van der Waals surface area contributed by atoms with Gasteiger partial charge in [0.25, 0.3) is 0 Å². The number of likely N-dealkylation sites (tertiary alicyclic amines) is 1. The van der Waals surface area contributed by atoms with Crippen molar-refractivity contribution in [3.8, 4) is 5.88 Å². The van der Waals surface area contributed by atoms with E-state index < -0.39 is 21.9 Å². The number of aliphatic imine (C=N–C) groups is 1. The van der Waals surface area contributed by atoms with E-state index in [1.165, 1.54) is 0 Å². The lowest BCUT2D eigenvalue weighted by Crippen LogP contribution is -2.59. The molecule has 2 aromatic carbocycles. The number of benzene rings is 2. The molecular formula is C36H45Cl2N5O3S. The zero-order valence-corrected chi connectivity index (χ0v) is 30.7. The van der Waals surface area contributed by atoms with Gasteiger partial charge in [0.1, 0.15) is 22.7 Å². The van der Waals surface area contributed by atoms with Crippen LogP contribution in [0.5, 0.6) is 5.88 Å². The second kappa shape index (κ2) is 13.8. The Labute approximate surface area is 291 Å². The van der Waals surface area contributed by atoms with Crippen LogP contribution in [0.3, 0.4) is 0 Å². The van der Waals surface area contributed by atoms with E-state index in [-0.39, 0.29) is 11.4 Å². The third-order valence-corrected chi connectivity index (χ3v) is 10.9. The van der Waals surface area contributed by atoms with Crippen molar-refractivity contribution >= 4 is 45.9 Å². The lowest BCUT2D eigenvalue weighted by atomic mass is 9.71. The Kier molecular flexibility index (Phi) is 10.4. The monoisotopic (exact) mass is 697 g/mol. The summed E-state index contributed by atoms with van der Waals surface area (Å²) >= 11 is 12.8. The quantitative estimate of drug-likeness (QED) is 0.238. The standard InChI is InChI=1S/C36H45Cl2N5O3S/c1-8-46-31-29(23-39-32(40-31)34(2,3)4)30-41-35(5,25-9-13-27(37)14-10-25)36(6,26-11-15-28(38)16-12-26)43(30)33(44)42-20-17-24(18-21-42)19-22-47(7)45/h9-16,23-24H,8,17-22H2,1-7H3/t35?,36-,47?/m1/s1. The number of carbonyl (C=O) groups excluding carboxylic acids is 1. The first-order valence-electron chi connectivity index (χ1n) is 16.2. The summed E-state index contributed by atoms with van der Waals surface area (Å²) in [7, 11) is -0.832. The molecule has 252 valence electrons. The van der Waals surface area contributed by atoms with Gasteiger partial charge in [-0.1, -0.05) is 68.2 Å². The van der Waals surface area contributed by atoms with Gasteiger partial charge in [0.05, 0.1) is 12.2 Å². The largest absolute Gasteiger partial charge is 0.477 e. The van der Waals surface area contributed by atoms with Crippen molar-refractivity contribution in [1.29, 1.82) is 0 Å². The highest BCUT2D eigenvalue weighted by atomic mass is 35.5. The second-order valence-corrected chi connectivity index (χ2v) is 16.2. The Balaban J connectivity index is 1.70. The molecular weight excluding hydrogens is 653 g/mol. The predicted molar refractivity (Wildman–Crippen MR) is 191 cm³/mol. The molecule has 0 bridgehead atoms. The van der Waals surface area contributed by atoms with Crippen LogP contribution in [0.15, 0.2) is 59.7 Å². The molecule has 3 atom stereocenters. The fourth-order valence-corrected chi connectivity index (χ4v) is 7.50. The fourth-order valence-electron chi connectivity index (χ4n) is 6.58. The van der Waals surface area contributed by atoms with E-state index in [0.29, 0.717) is 64.5 Å². The first kappa shape index (κ1) is 35.3. The van der Waals surface area contributed by atoms with Crippen molar-refractivity contribution in [2.24, 2.45) is 10.9 Å². The molecule has 0 saturated carbocycles. The Bertz CT molecular complexity index is 1650. The normalized spacial score (nSPS) is 22.7. The van der Waals surface area contributed by atoms with Crippen LogP contribution < -0.4 is 4.74 Å². The molecule has 47 heavy (non-hydrogen) atoms. The maximum atomic E-state index is 15.1. The summed E-state index contributed by atoms with van der Waals surface area (Å²) in [6.45, 7) is 13.8. The summed E-state index contributed by atoms with van der Waals surface area (Å²) in [4.78, 5) is 33.9. The van der Waals surface area contributed by atoms with E-state index in [0.717, 1.165) is 30.4 Å². The van der Waals surface area contributed by atoms with Crippen molar-refractivity contribution in [3.63, 3.8) is 0 Å². The number of amidine groups is 1. The van der Waals surface area contributed by atoms with Crippen LogP contribution in [-0.4, -0.2) is 67.5 Å². The zero-order chi connectivity index (χ0) is 34.1. The van der Waals surface area contributed by atoms with Gasteiger partial charge in [-0.3, -0.25) is 14.1 Å². The number of piperidine rings is 1. The Hall–Kier alpha value is -3.01. The van der Waals surface area contributed by atoms with Gasteiger partial charge in [-0.05, 0) is 81.3 Å². The van der Waals surface area contributed by atoms with Gasteiger partial charge in [-0.15, -0.1) is 0 Å². The van der Waals surface area contributed by atoms with Gasteiger partial charge in [0.2, 0.25) is 5.88 Å². The van der Waals surface area contributed by atoms with Crippen molar-refractivity contribution in [2.45, 2.75) is 77.3 Å². The number of halogens is 2. The fraction of sp³-hybridized carbons (Fsp3) is 0.500. The molecule has 5 rings (SSSR count). The van der Waals surface area contributed by atoms with Gasteiger partial charge >= 0.3 is 6.03 Å². The number of amides is 2. The van der Waals surface area contributed by atoms with Crippen LogP contribution >= 0.6 is 23.2 Å². The first-order chi connectivity index (χ1) is 22.2. The van der Waals surface area contributed by atoms with Crippen molar-refractivity contribution in [1.82, 2.24) is 19.8 Å². The van der Waals surface area contributed by atoms with E-state index in [1.807, 2.05) is 65.3 Å². The number of ether oxygens (including phenoxy) is 1. The SMILES string of the molecule is CCOc1nc(C(C)(C)C)ncc1C1=NC(C)(c2ccc(Cl)cc2)[C@@](C)(c2ccc(Cl)cc2)N1C(=O)N1CCC(CCS(C)=O)CC1. The average molecular weight is 699 g/mol. The highest BCUT2D eigenvalue weighted by molar-refractivity contribution is 7.84. The topological polar surface area (TPSA) is 88.0 Å². The Morgan fingerprint density at radius 3 is 2.11 bits per heavy atom. The maximum Gasteiger partial charge on any atom is 0.326 e. The number of aromatic nitrogens is 2. The van der Waals surface area contributed by atoms with E-state index in [1.54, 1.807) is 12.5 Å². The smallest absolute Gasteiger partial charge is 0.326 e. The minimum Gasteiger partial charge on any atom is -0.477 e. The number of hydrogen-bond acceptors (Lipinski definition) is 6. The van der Waals surface area contributed by atoms with Crippen molar-refractivity contribution in [3.05, 3.63) is 87.3 Å². The average Bonchev–Trinajstić information content (AvgIpc) is 3.28. The number of hydrogen-bond donors (Lipinski definition) is 0. The molecule has 3 heterocycles. The molecule has 2 unspecified atom stereocenters. The minimum atomic E-state index is -1.01. The van der Waals surface area contributed by atoms with Crippen molar-refractivity contribution < 1.29 is 13.7 Å². The molecule has 8 nitrogen and oxygen atoms in total. The Morgan fingerprint density at radius 2 is 1.57 bits per heavy atom. The summed E-state index contributed by atoms with van der Waals surface area (Å²) < 4.78 is 17.9. The highest BCUT2D eigenvalue weighted by Crippen LogP contribution is 2.54. The van der Waals surface area contributed by atoms with Crippen molar-refractivity contribution in [2.75, 3.05) is 31.7 Å². The summed E-state index contributed by atoms with van der Waals surface area (Å²) in [6, 6.07) is 15.1. The van der Waals surface area contributed by atoms with Crippen LogP contribution in [0.2, 0.25) is 10.0 Å². The zero-order valence-electron chi connectivity index (χ0n) is 28.3. The minimum absolute atomic E-state index is 0.154. The van der Waals surface area contributed by atoms with Gasteiger partial charge < -0.3 is 9.64 Å². The first-order valence-corrected chi connectivity index (χ1v) is 18.7. The molecule has 1 saturated heterocycles. The molecule has 2 aliphatic heterocycles. The summed E-state index contributed by atoms with van der Waals surface area (Å²) in [6.07, 6.45) is 6.08. The van der Waals surface area contributed by atoms with E-state index in [9.17, 15) is 4.21 Å². The number of rotatable bonds is 8. The summed E-state index contributed by atoms with van der Waals surface area (Å²) in [5.74, 6) is 2.57. The molecule has 2 amide bonds. The lowest BCUT2D eigenvalue weighted by Gasteiger charge is -2.47. The second-order valence-electron chi connectivity index (χ2n) is 13.8. The maximum absolute atomic E-state index is 15.1. The van der Waals surface area contributed by atoms with E-state index in [2.05, 4.69) is 34.6 Å². The van der Waals surface area contributed by atoms with E-state index in [4.69, 9.17) is 42.9 Å². The predicted octanol–water partition coefficient (Wildman–Crippen LogP) is 7.97. The van der Waals surface area contributed by atoms with Gasteiger partial charge in [-0.25, -0.2) is 9.78 Å². The molecule has 2 aliphatic rings. The molecule has 3 aromatic rings. The van der Waals surface area contributed by atoms with Gasteiger partial charge in [0, 0.05) is 57.6 Å². The van der Waals surface area contributed by atoms with Gasteiger partial charge in [0.15, 0.2) is 0 Å². The lowest BCUT2D eigenvalue weighted by molar-refractivity contribution is 0.0964. The van der Waals surface area contributed by atoms with Crippen LogP contribution in [0.25, 0.3) is 0 Å². The molecule has 0 N–H and O–H groups in total. The number of urea groups is 1. The third kappa shape index (κ3) is 6.94. The van der Waals surface area contributed by atoms with Crippen LogP contribution in [0.1, 0.15) is 83.3 Å².